The summed E-state index contributed by atoms with van der Waals surface area (Å²) in [4.78, 5) is 14.6. The normalized spacial score (nSPS) is 16.5. The molecule has 25 heavy (non-hydrogen) atoms. The molecule has 1 aliphatic heterocycles. The Balaban J connectivity index is 1.91. The van der Waals surface area contributed by atoms with E-state index in [0.717, 1.165) is 11.3 Å². The van der Waals surface area contributed by atoms with Crippen LogP contribution in [0.4, 0.5) is 5.69 Å². The Morgan fingerprint density at radius 1 is 1.24 bits per heavy atom. The highest BCUT2D eigenvalue weighted by atomic mass is 32.1. The number of hydrazone groups is 1. The summed E-state index contributed by atoms with van der Waals surface area (Å²) in [7, 11) is 7.20. The van der Waals surface area contributed by atoms with Gasteiger partial charge >= 0.3 is 0 Å². The van der Waals surface area contributed by atoms with Gasteiger partial charge < -0.3 is 15.4 Å². The third kappa shape index (κ3) is 2.93. The van der Waals surface area contributed by atoms with Crippen molar-refractivity contribution < 1.29 is 5.11 Å². The van der Waals surface area contributed by atoms with Gasteiger partial charge in [0, 0.05) is 40.3 Å². The van der Waals surface area contributed by atoms with Crippen LogP contribution < -0.4 is 15.9 Å². The molecule has 1 atom stereocenters. The van der Waals surface area contributed by atoms with Crippen molar-refractivity contribution in [1.29, 1.82) is 0 Å². The van der Waals surface area contributed by atoms with Gasteiger partial charge in [-0.05, 0) is 29.9 Å². The predicted octanol–water partition coefficient (Wildman–Crippen LogP) is 1.66. The Morgan fingerprint density at radius 2 is 1.88 bits per heavy atom. The predicted molar refractivity (Wildman–Crippen MR) is 101 cm³/mol. The van der Waals surface area contributed by atoms with Crippen molar-refractivity contribution in [3.63, 3.8) is 0 Å². The Morgan fingerprint density at radius 3 is 2.48 bits per heavy atom. The van der Waals surface area contributed by atoms with E-state index in [9.17, 15) is 9.90 Å². The van der Waals surface area contributed by atoms with Crippen LogP contribution in [-0.4, -0.2) is 34.0 Å². The van der Waals surface area contributed by atoms with Gasteiger partial charge in [-0.15, -0.1) is 0 Å². The van der Waals surface area contributed by atoms with E-state index in [1.54, 1.807) is 14.1 Å². The molecule has 0 bridgehead atoms. The lowest BCUT2D eigenvalue weighted by Gasteiger charge is -2.15. The van der Waals surface area contributed by atoms with E-state index in [-0.39, 0.29) is 27.8 Å². The number of hydrogen-bond donors (Lipinski definition) is 2. The molecule has 132 valence electrons. The number of aromatic nitrogens is 2. The molecule has 0 unspecified atom stereocenters. The maximum atomic E-state index is 12.5. The number of anilines is 1. The molecule has 1 aromatic carbocycles. The molecular weight excluding hydrogens is 338 g/mol. The number of nitrogens with one attached hydrogen (secondary N) is 1. The molecule has 0 saturated carbocycles. The highest BCUT2D eigenvalue weighted by Crippen LogP contribution is 2.27. The lowest BCUT2D eigenvalue weighted by atomic mass is 9.99. The average molecular weight is 359 g/mol. The lowest BCUT2D eigenvalue weighted by molar-refractivity contribution is 0.414. The summed E-state index contributed by atoms with van der Waals surface area (Å²) in [6.45, 7) is 0. The highest BCUT2D eigenvalue weighted by Gasteiger charge is 2.27. The number of aromatic hydroxyl groups is 1. The molecule has 1 aliphatic rings. The van der Waals surface area contributed by atoms with Crippen molar-refractivity contribution in [2.75, 3.05) is 19.0 Å². The fraction of sp³-hybridized carbons (Fsp3) is 0.353. The largest absolute Gasteiger partial charge is 0.494 e. The molecule has 2 aromatic rings. The molecule has 3 rings (SSSR count). The maximum absolute atomic E-state index is 12.5. The molecule has 0 radical (unpaired) electrons. The molecule has 0 amide bonds. The van der Waals surface area contributed by atoms with Gasteiger partial charge in [-0.2, -0.15) is 5.10 Å². The fourth-order valence-corrected chi connectivity index (χ4v) is 3.05. The second kappa shape index (κ2) is 6.36. The first kappa shape index (κ1) is 17.2. The first-order valence-electron chi connectivity index (χ1n) is 7.90. The minimum absolute atomic E-state index is 0.0381. The van der Waals surface area contributed by atoms with E-state index in [1.165, 1.54) is 9.13 Å². The first-order chi connectivity index (χ1) is 11.8. The van der Waals surface area contributed by atoms with Crippen LogP contribution in [0, 0.1) is 4.77 Å². The number of benzene rings is 1. The fourth-order valence-electron chi connectivity index (χ4n) is 2.88. The third-order valence-electron chi connectivity index (χ3n) is 4.49. The average Bonchev–Trinajstić information content (AvgIpc) is 3.08. The molecular formula is C17H21N5O2S. The third-order valence-corrected chi connectivity index (χ3v) is 5.03. The van der Waals surface area contributed by atoms with Crippen LogP contribution >= 0.6 is 12.2 Å². The van der Waals surface area contributed by atoms with E-state index in [1.807, 2.05) is 43.3 Å². The van der Waals surface area contributed by atoms with E-state index in [0.29, 0.717) is 12.1 Å². The quantitative estimate of drug-likeness (QED) is 0.816. The van der Waals surface area contributed by atoms with Gasteiger partial charge in [0.15, 0.2) is 4.77 Å². The van der Waals surface area contributed by atoms with Crippen LogP contribution in [0.15, 0.2) is 34.2 Å². The standard InChI is InChI=1S/C17H21N5O2S/c1-20(2)11-7-5-10(6-8-11)12-9-13(19-18-12)14-15(23)21(3)17(25)22(4)16(14)24/h5-8,12,18,23H,9H2,1-4H3/t12-/m0/s1. The Labute approximate surface area is 150 Å². The summed E-state index contributed by atoms with van der Waals surface area (Å²) in [5.74, 6) is -0.155. The van der Waals surface area contributed by atoms with Crippen LogP contribution in [0.3, 0.4) is 0 Å². The summed E-state index contributed by atoms with van der Waals surface area (Å²) in [6.07, 6.45) is 0.515. The smallest absolute Gasteiger partial charge is 0.267 e. The van der Waals surface area contributed by atoms with E-state index in [4.69, 9.17) is 12.2 Å². The van der Waals surface area contributed by atoms with E-state index < -0.39 is 0 Å². The van der Waals surface area contributed by atoms with Crippen LogP contribution in [0.5, 0.6) is 5.88 Å². The number of rotatable bonds is 3. The summed E-state index contributed by atoms with van der Waals surface area (Å²) >= 11 is 5.14. The van der Waals surface area contributed by atoms with Gasteiger partial charge in [0.25, 0.3) is 5.56 Å². The highest BCUT2D eigenvalue weighted by molar-refractivity contribution is 7.71. The van der Waals surface area contributed by atoms with Crippen LogP contribution in [0.1, 0.15) is 23.6 Å². The zero-order valence-corrected chi connectivity index (χ0v) is 15.5. The molecule has 2 heterocycles. The lowest BCUT2D eigenvalue weighted by Crippen LogP contribution is -2.28. The van der Waals surface area contributed by atoms with Crippen LogP contribution in [-0.2, 0) is 14.1 Å². The van der Waals surface area contributed by atoms with Crippen molar-refractivity contribution in [3.8, 4) is 5.88 Å². The Hall–Kier alpha value is -2.61. The van der Waals surface area contributed by atoms with Gasteiger partial charge in [0.1, 0.15) is 5.56 Å². The summed E-state index contributed by atoms with van der Waals surface area (Å²) in [5.41, 5.74) is 5.63. The van der Waals surface area contributed by atoms with Crippen molar-refractivity contribution in [2.45, 2.75) is 12.5 Å². The molecule has 8 heteroatoms. The van der Waals surface area contributed by atoms with Crippen molar-refractivity contribution in [1.82, 2.24) is 14.6 Å². The van der Waals surface area contributed by atoms with Gasteiger partial charge in [-0.1, -0.05) is 12.1 Å². The van der Waals surface area contributed by atoms with Crippen LogP contribution in [0.2, 0.25) is 0 Å². The first-order valence-corrected chi connectivity index (χ1v) is 8.30. The molecule has 2 N–H and O–H groups in total. The number of hydrogen-bond acceptors (Lipinski definition) is 6. The Bertz CT molecular complexity index is 957. The van der Waals surface area contributed by atoms with Crippen molar-refractivity contribution in [3.05, 3.63) is 50.5 Å². The minimum Gasteiger partial charge on any atom is -0.494 e. The number of nitrogens with zero attached hydrogens (tertiary/aromatic N) is 4. The van der Waals surface area contributed by atoms with Gasteiger partial charge in [-0.25, -0.2) is 0 Å². The van der Waals surface area contributed by atoms with Gasteiger partial charge in [-0.3, -0.25) is 13.9 Å². The summed E-state index contributed by atoms with van der Waals surface area (Å²) in [5, 5.41) is 14.7. The molecule has 7 nitrogen and oxygen atoms in total. The van der Waals surface area contributed by atoms with Crippen molar-refractivity contribution >= 4 is 23.6 Å². The van der Waals surface area contributed by atoms with Crippen LogP contribution in [0.25, 0.3) is 0 Å². The second-order valence-corrected chi connectivity index (χ2v) is 6.70. The molecule has 0 saturated heterocycles. The summed E-state index contributed by atoms with van der Waals surface area (Å²) in [6, 6.07) is 8.12. The topological polar surface area (TPSA) is 74.8 Å². The van der Waals surface area contributed by atoms with E-state index in [2.05, 4.69) is 10.5 Å². The molecule has 0 fully saturated rings. The maximum Gasteiger partial charge on any atom is 0.267 e. The molecule has 0 aliphatic carbocycles. The zero-order valence-electron chi connectivity index (χ0n) is 14.6. The zero-order chi connectivity index (χ0) is 18.3. The van der Waals surface area contributed by atoms with Gasteiger partial charge in [0.2, 0.25) is 5.88 Å². The van der Waals surface area contributed by atoms with E-state index >= 15 is 0 Å². The minimum atomic E-state index is -0.343. The monoisotopic (exact) mass is 359 g/mol. The SMILES string of the molecule is CN(C)c1ccc([C@@H]2CC(c3c(O)n(C)c(=S)n(C)c3=O)=NN2)cc1. The second-order valence-electron chi connectivity index (χ2n) is 6.33. The molecule has 1 aromatic heterocycles. The molecule has 0 spiro atoms. The van der Waals surface area contributed by atoms with Gasteiger partial charge in [0.05, 0.1) is 11.8 Å². The Kier molecular flexibility index (Phi) is 4.38. The van der Waals surface area contributed by atoms with Crippen molar-refractivity contribution in [2.24, 2.45) is 19.2 Å². The summed E-state index contributed by atoms with van der Waals surface area (Å²) < 4.78 is 3.01.